The fraction of sp³-hybridized carbons (Fsp3) is 1.00. The summed E-state index contributed by atoms with van der Waals surface area (Å²) in [5, 5.41) is 15.6. The van der Waals surface area contributed by atoms with Crippen LogP contribution in [0.5, 0.6) is 0 Å². The van der Waals surface area contributed by atoms with Crippen LogP contribution in [0, 0.1) is 0 Å². The second-order valence-electron chi connectivity index (χ2n) is 3.10. The molecule has 2 atom stereocenters. The number of rotatable bonds is 1. The minimum absolute atomic E-state index is 0. The molecule has 2 heterocycles. The summed E-state index contributed by atoms with van der Waals surface area (Å²) in [7, 11) is 0. The molecule has 0 aromatic rings. The maximum atomic E-state index is 8.94. The lowest BCUT2D eigenvalue weighted by Crippen LogP contribution is -2.51. The Morgan fingerprint density at radius 2 is 2.18 bits per heavy atom. The highest BCUT2D eigenvalue weighted by Gasteiger charge is 2.43. The lowest BCUT2D eigenvalue weighted by atomic mass is 10.0. The van der Waals surface area contributed by atoms with E-state index in [1.165, 1.54) is 0 Å². The van der Waals surface area contributed by atoms with Crippen LogP contribution in [0.4, 0.5) is 0 Å². The van der Waals surface area contributed by atoms with Crippen LogP contribution < -0.4 is 10.6 Å². The van der Waals surface area contributed by atoms with Crippen LogP contribution in [-0.2, 0) is 0 Å². The number of aliphatic hydroxyl groups is 1. The predicted octanol–water partition coefficient (Wildman–Crippen LogP) is -0.474. The minimum Gasteiger partial charge on any atom is -0.394 e. The van der Waals surface area contributed by atoms with Crippen molar-refractivity contribution in [3.05, 3.63) is 0 Å². The van der Waals surface area contributed by atoms with Crippen molar-refractivity contribution in [3.8, 4) is 0 Å². The summed E-state index contributed by atoms with van der Waals surface area (Å²) in [5.74, 6) is 0. The Morgan fingerprint density at radius 1 is 1.45 bits per heavy atom. The summed E-state index contributed by atoms with van der Waals surface area (Å²) in [6.45, 7) is 2.24. The molecule has 0 amide bonds. The van der Waals surface area contributed by atoms with E-state index in [1.807, 2.05) is 0 Å². The molecule has 2 saturated heterocycles. The minimum atomic E-state index is 0. The third kappa shape index (κ3) is 1.79. The molecule has 0 saturated carbocycles. The van der Waals surface area contributed by atoms with Gasteiger partial charge in [-0.15, -0.1) is 24.8 Å². The number of hydrogen-bond acceptors (Lipinski definition) is 3. The van der Waals surface area contributed by atoms with Crippen molar-refractivity contribution in [1.82, 2.24) is 10.6 Å². The summed E-state index contributed by atoms with van der Waals surface area (Å²) in [6, 6.07) is 0.622. The highest BCUT2D eigenvalue weighted by Crippen LogP contribution is 2.24. The van der Waals surface area contributed by atoms with Crippen molar-refractivity contribution in [3.63, 3.8) is 0 Å². The quantitative estimate of drug-likeness (QED) is 0.537. The van der Waals surface area contributed by atoms with Gasteiger partial charge < -0.3 is 15.7 Å². The topological polar surface area (TPSA) is 44.3 Å². The lowest BCUT2D eigenvalue weighted by molar-refractivity contribution is 0.186. The van der Waals surface area contributed by atoms with E-state index in [4.69, 9.17) is 5.11 Å². The van der Waals surface area contributed by atoms with Crippen molar-refractivity contribution in [2.75, 3.05) is 19.7 Å². The standard InChI is InChI=1S/C6H12N2O.2ClH/c9-4-6-1-5(2-8-6)7-3-6;;/h5,7-9H,1-4H2;2*1H. The first-order valence-corrected chi connectivity index (χ1v) is 3.44. The second kappa shape index (κ2) is 3.92. The number of aliphatic hydroxyl groups excluding tert-OH is 1. The van der Waals surface area contributed by atoms with Crippen LogP contribution in [0.2, 0.25) is 0 Å². The van der Waals surface area contributed by atoms with Crippen molar-refractivity contribution < 1.29 is 5.11 Å². The number of piperazine rings is 1. The number of hydrogen-bond donors (Lipinski definition) is 3. The molecule has 2 bridgehead atoms. The van der Waals surface area contributed by atoms with E-state index >= 15 is 0 Å². The van der Waals surface area contributed by atoms with Gasteiger partial charge in [-0.25, -0.2) is 0 Å². The summed E-state index contributed by atoms with van der Waals surface area (Å²) >= 11 is 0. The van der Waals surface area contributed by atoms with E-state index in [0.717, 1.165) is 19.5 Å². The first kappa shape index (κ1) is 11.5. The van der Waals surface area contributed by atoms with Crippen LogP contribution >= 0.6 is 24.8 Å². The van der Waals surface area contributed by atoms with E-state index in [9.17, 15) is 0 Å². The molecule has 5 heteroatoms. The van der Waals surface area contributed by atoms with Gasteiger partial charge in [0.05, 0.1) is 12.1 Å². The molecule has 68 valence electrons. The Morgan fingerprint density at radius 3 is 2.36 bits per heavy atom. The van der Waals surface area contributed by atoms with Crippen LogP contribution in [0.15, 0.2) is 0 Å². The van der Waals surface area contributed by atoms with Crippen molar-refractivity contribution in [2.24, 2.45) is 0 Å². The summed E-state index contributed by atoms with van der Waals surface area (Å²) in [4.78, 5) is 0. The molecule has 3 N–H and O–H groups in total. The number of halogens is 2. The molecule has 0 aliphatic carbocycles. The molecule has 0 spiro atoms. The monoisotopic (exact) mass is 200 g/mol. The Balaban J connectivity index is 0.000000500. The molecular weight excluding hydrogens is 187 g/mol. The third-order valence-corrected chi connectivity index (χ3v) is 2.39. The highest BCUT2D eigenvalue weighted by molar-refractivity contribution is 5.85. The zero-order valence-corrected chi connectivity index (χ0v) is 7.80. The Kier molecular flexibility index (Phi) is 4.08. The fourth-order valence-corrected chi connectivity index (χ4v) is 1.75. The lowest BCUT2D eigenvalue weighted by Gasteiger charge is -2.24. The summed E-state index contributed by atoms with van der Waals surface area (Å²) < 4.78 is 0. The molecule has 11 heavy (non-hydrogen) atoms. The zero-order valence-electron chi connectivity index (χ0n) is 6.17. The molecule has 3 nitrogen and oxygen atoms in total. The predicted molar refractivity (Wildman–Crippen MR) is 48.7 cm³/mol. The third-order valence-electron chi connectivity index (χ3n) is 2.39. The first-order chi connectivity index (χ1) is 4.35. The first-order valence-electron chi connectivity index (χ1n) is 3.44. The van der Waals surface area contributed by atoms with Gasteiger partial charge >= 0.3 is 0 Å². The molecule has 2 rings (SSSR count). The fourth-order valence-electron chi connectivity index (χ4n) is 1.75. The van der Waals surface area contributed by atoms with Crippen molar-refractivity contribution >= 4 is 24.8 Å². The van der Waals surface area contributed by atoms with Gasteiger partial charge in [-0.1, -0.05) is 0 Å². The van der Waals surface area contributed by atoms with Crippen LogP contribution in [-0.4, -0.2) is 36.4 Å². The average molecular weight is 201 g/mol. The maximum Gasteiger partial charge on any atom is 0.0626 e. The molecule has 2 fully saturated rings. The van der Waals surface area contributed by atoms with Gasteiger partial charge in [-0.05, 0) is 6.42 Å². The Labute approximate surface area is 78.8 Å². The van der Waals surface area contributed by atoms with E-state index in [1.54, 1.807) is 0 Å². The highest BCUT2D eigenvalue weighted by atomic mass is 35.5. The number of fused-ring (bicyclic) bond motifs is 2. The summed E-state index contributed by atoms with van der Waals surface area (Å²) in [5.41, 5.74) is 0.0463. The average Bonchev–Trinajstić information content (AvgIpc) is 2.46. The molecule has 0 aromatic carbocycles. The van der Waals surface area contributed by atoms with Crippen molar-refractivity contribution in [1.29, 1.82) is 0 Å². The molecule has 2 aliphatic heterocycles. The van der Waals surface area contributed by atoms with Crippen molar-refractivity contribution in [2.45, 2.75) is 18.0 Å². The van der Waals surface area contributed by atoms with E-state index in [-0.39, 0.29) is 37.0 Å². The molecule has 0 radical (unpaired) electrons. The van der Waals surface area contributed by atoms with Gasteiger partial charge in [0.15, 0.2) is 0 Å². The van der Waals surface area contributed by atoms with Crippen LogP contribution in [0.25, 0.3) is 0 Å². The van der Waals surface area contributed by atoms with E-state index in [0.29, 0.717) is 6.04 Å². The van der Waals surface area contributed by atoms with Gasteiger partial charge in [0, 0.05) is 19.1 Å². The molecule has 2 aliphatic rings. The Hall–Kier alpha value is 0.460. The summed E-state index contributed by atoms with van der Waals surface area (Å²) in [6.07, 6.45) is 1.10. The second-order valence-corrected chi connectivity index (χ2v) is 3.10. The normalized spacial score (nSPS) is 39.5. The van der Waals surface area contributed by atoms with Crippen LogP contribution in [0.3, 0.4) is 0 Å². The van der Waals surface area contributed by atoms with Gasteiger partial charge in [0.25, 0.3) is 0 Å². The molecule has 0 aromatic heterocycles. The van der Waals surface area contributed by atoms with Gasteiger partial charge in [0.2, 0.25) is 0 Å². The Bertz CT molecular complexity index is 126. The molecule has 2 unspecified atom stereocenters. The van der Waals surface area contributed by atoms with E-state index in [2.05, 4.69) is 10.6 Å². The largest absolute Gasteiger partial charge is 0.394 e. The SMILES string of the molecule is Cl.Cl.OCC12CNC(CN1)C2. The molecular formula is C6H14Cl2N2O. The van der Waals surface area contributed by atoms with Gasteiger partial charge in [-0.2, -0.15) is 0 Å². The van der Waals surface area contributed by atoms with Gasteiger partial charge in [0.1, 0.15) is 0 Å². The van der Waals surface area contributed by atoms with Gasteiger partial charge in [-0.3, -0.25) is 0 Å². The zero-order chi connectivity index (χ0) is 6.32. The maximum absolute atomic E-state index is 8.94. The number of nitrogens with one attached hydrogen (secondary N) is 2. The van der Waals surface area contributed by atoms with Crippen LogP contribution in [0.1, 0.15) is 6.42 Å². The smallest absolute Gasteiger partial charge is 0.0626 e. The van der Waals surface area contributed by atoms with E-state index < -0.39 is 0 Å².